The number of hydrogen-bond acceptors (Lipinski definition) is 3. The lowest BCUT2D eigenvalue weighted by atomic mass is 10.0. The fraction of sp³-hybridized carbons (Fsp3) is 0.375. The summed E-state index contributed by atoms with van der Waals surface area (Å²) in [4.78, 5) is 19.9. The van der Waals surface area contributed by atoms with E-state index in [1.807, 2.05) is 35.2 Å². The highest BCUT2D eigenvalue weighted by atomic mass is 32.1. The summed E-state index contributed by atoms with van der Waals surface area (Å²) in [6, 6.07) is 10.3. The van der Waals surface area contributed by atoms with Gasteiger partial charge in [0.25, 0.3) is 5.91 Å². The van der Waals surface area contributed by atoms with Crippen LogP contribution in [0.15, 0.2) is 35.8 Å². The molecular weight excluding hydrogens is 268 g/mol. The van der Waals surface area contributed by atoms with Crippen LogP contribution in [0.1, 0.15) is 35.9 Å². The Morgan fingerprint density at radius 3 is 2.85 bits per heavy atom. The zero-order valence-corrected chi connectivity index (χ0v) is 12.4. The van der Waals surface area contributed by atoms with Gasteiger partial charge < -0.3 is 4.90 Å². The topological polar surface area (TPSA) is 33.2 Å². The molecule has 104 valence electrons. The van der Waals surface area contributed by atoms with E-state index in [0.29, 0.717) is 6.04 Å². The number of amides is 1. The first-order chi connectivity index (χ1) is 9.77. The van der Waals surface area contributed by atoms with Crippen molar-refractivity contribution in [2.24, 2.45) is 0 Å². The number of likely N-dealkylation sites (tertiary alicyclic amines) is 1. The SMILES string of the molecule is CC1CCCCN1C(=O)c1scnc1-c1ccccc1. The molecule has 1 unspecified atom stereocenters. The maximum absolute atomic E-state index is 12.8. The molecule has 1 aliphatic rings. The first-order valence-corrected chi connectivity index (χ1v) is 7.95. The fourth-order valence-corrected chi connectivity index (χ4v) is 3.49. The van der Waals surface area contributed by atoms with Gasteiger partial charge in [-0.1, -0.05) is 30.3 Å². The number of nitrogens with zero attached hydrogens (tertiary/aromatic N) is 2. The fourth-order valence-electron chi connectivity index (χ4n) is 2.73. The lowest BCUT2D eigenvalue weighted by molar-refractivity contribution is 0.0641. The monoisotopic (exact) mass is 286 g/mol. The van der Waals surface area contributed by atoms with Crippen LogP contribution in [0.5, 0.6) is 0 Å². The normalized spacial score (nSPS) is 19.1. The van der Waals surface area contributed by atoms with Gasteiger partial charge in [0.2, 0.25) is 0 Å². The molecule has 0 radical (unpaired) electrons. The number of hydrogen-bond donors (Lipinski definition) is 0. The third kappa shape index (κ3) is 2.48. The van der Waals surface area contributed by atoms with Gasteiger partial charge in [-0.15, -0.1) is 11.3 Å². The minimum Gasteiger partial charge on any atom is -0.335 e. The summed E-state index contributed by atoms with van der Waals surface area (Å²) in [5.74, 6) is 0.138. The quantitative estimate of drug-likeness (QED) is 0.840. The van der Waals surface area contributed by atoms with E-state index in [1.165, 1.54) is 17.8 Å². The number of carbonyl (C=O) groups is 1. The Morgan fingerprint density at radius 2 is 2.10 bits per heavy atom. The number of benzene rings is 1. The Morgan fingerprint density at radius 1 is 1.30 bits per heavy atom. The van der Waals surface area contributed by atoms with Crippen molar-refractivity contribution in [3.8, 4) is 11.3 Å². The van der Waals surface area contributed by atoms with Crippen LogP contribution in [0.4, 0.5) is 0 Å². The summed E-state index contributed by atoms with van der Waals surface area (Å²) >= 11 is 1.45. The highest BCUT2D eigenvalue weighted by Gasteiger charge is 2.27. The molecule has 1 aromatic heterocycles. The second kappa shape index (κ2) is 5.75. The molecule has 1 amide bonds. The summed E-state index contributed by atoms with van der Waals surface area (Å²) in [5.41, 5.74) is 3.60. The zero-order valence-electron chi connectivity index (χ0n) is 11.6. The number of carbonyl (C=O) groups excluding carboxylic acids is 1. The van der Waals surface area contributed by atoms with Gasteiger partial charge in [-0.2, -0.15) is 0 Å². The predicted octanol–water partition coefficient (Wildman–Crippen LogP) is 3.82. The van der Waals surface area contributed by atoms with Gasteiger partial charge in [-0.3, -0.25) is 4.79 Å². The van der Waals surface area contributed by atoms with E-state index in [-0.39, 0.29) is 5.91 Å². The van der Waals surface area contributed by atoms with Crippen LogP contribution in [-0.4, -0.2) is 28.4 Å². The van der Waals surface area contributed by atoms with Crippen LogP contribution in [0, 0.1) is 0 Å². The molecule has 0 aliphatic carbocycles. The third-order valence-electron chi connectivity index (χ3n) is 3.87. The second-order valence-corrected chi connectivity index (χ2v) is 6.09. The molecule has 1 aliphatic heterocycles. The van der Waals surface area contributed by atoms with Crippen molar-refractivity contribution < 1.29 is 4.79 Å². The minimum atomic E-state index is 0.138. The van der Waals surface area contributed by atoms with Gasteiger partial charge in [-0.25, -0.2) is 4.98 Å². The number of thiazole rings is 1. The Balaban J connectivity index is 1.91. The molecule has 2 heterocycles. The molecule has 1 aromatic carbocycles. The Hall–Kier alpha value is -1.68. The molecular formula is C16H18N2OS. The predicted molar refractivity (Wildman–Crippen MR) is 81.9 cm³/mol. The maximum atomic E-state index is 12.8. The van der Waals surface area contributed by atoms with E-state index >= 15 is 0 Å². The Labute approximate surface area is 123 Å². The van der Waals surface area contributed by atoms with Gasteiger partial charge in [-0.05, 0) is 26.2 Å². The van der Waals surface area contributed by atoms with Crippen LogP contribution >= 0.6 is 11.3 Å². The Bertz CT molecular complexity index is 594. The van der Waals surface area contributed by atoms with E-state index in [1.54, 1.807) is 5.51 Å². The summed E-state index contributed by atoms with van der Waals surface area (Å²) < 4.78 is 0. The first-order valence-electron chi connectivity index (χ1n) is 7.07. The van der Waals surface area contributed by atoms with E-state index < -0.39 is 0 Å². The van der Waals surface area contributed by atoms with Gasteiger partial charge in [0, 0.05) is 18.2 Å². The summed E-state index contributed by atoms with van der Waals surface area (Å²) in [6.45, 7) is 3.01. The summed E-state index contributed by atoms with van der Waals surface area (Å²) in [5, 5.41) is 0. The van der Waals surface area contributed by atoms with Gasteiger partial charge >= 0.3 is 0 Å². The van der Waals surface area contributed by atoms with Crippen LogP contribution in [0.2, 0.25) is 0 Å². The van der Waals surface area contributed by atoms with Gasteiger partial charge in [0.15, 0.2) is 0 Å². The lowest BCUT2D eigenvalue weighted by Gasteiger charge is -2.33. The van der Waals surface area contributed by atoms with Crippen molar-refractivity contribution in [3.63, 3.8) is 0 Å². The second-order valence-electron chi connectivity index (χ2n) is 5.24. The van der Waals surface area contributed by atoms with Gasteiger partial charge in [0.1, 0.15) is 4.88 Å². The molecule has 1 saturated heterocycles. The molecule has 1 atom stereocenters. The molecule has 2 aromatic rings. The average molecular weight is 286 g/mol. The number of piperidine rings is 1. The summed E-state index contributed by atoms with van der Waals surface area (Å²) in [7, 11) is 0. The summed E-state index contributed by atoms with van der Waals surface area (Å²) in [6.07, 6.45) is 3.43. The zero-order chi connectivity index (χ0) is 13.9. The highest BCUT2D eigenvalue weighted by Crippen LogP contribution is 2.28. The van der Waals surface area contributed by atoms with E-state index in [2.05, 4.69) is 11.9 Å². The van der Waals surface area contributed by atoms with Crippen LogP contribution in [-0.2, 0) is 0 Å². The van der Waals surface area contributed by atoms with Crippen LogP contribution < -0.4 is 0 Å². The van der Waals surface area contributed by atoms with Gasteiger partial charge in [0.05, 0.1) is 11.2 Å². The minimum absolute atomic E-state index is 0.138. The van der Waals surface area contributed by atoms with E-state index in [9.17, 15) is 4.79 Å². The molecule has 0 spiro atoms. The van der Waals surface area contributed by atoms with Crippen molar-refractivity contribution in [1.82, 2.24) is 9.88 Å². The molecule has 0 saturated carbocycles. The third-order valence-corrected chi connectivity index (χ3v) is 4.69. The maximum Gasteiger partial charge on any atom is 0.266 e. The van der Waals surface area contributed by atoms with E-state index in [0.717, 1.165) is 35.5 Å². The van der Waals surface area contributed by atoms with E-state index in [4.69, 9.17) is 0 Å². The van der Waals surface area contributed by atoms with Crippen molar-refractivity contribution in [2.75, 3.05) is 6.54 Å². The van der Waals surface area contributed by atoms with Crippen LogP contribution in [0.25, 0.3) is 11.3 Å². The molecule has 4 heteroatoms. The molecule has 3 nitrogen and oxygen atoms in total. The smallest absolute Gasteiger partial charge is 0.266 e. The average Bonchev–Trinajstić information content (AvgIpc) is 2.97. The highest BCUT2D eigenvalue weighted by molar-refractivity contribution is 7.12. The molecule has 1 fully saturated rings. The molecule has 0 N–H and O–H groups in total. The van der Waals surface area contributed by atoms with Crippen LogP contribution in [0.3, 0.4) is 0 Å². The van der Waals surface area contributed by atoms with Crippen molar-refractivity contribution in [3.05, 3.63) is 40.7 Å². The molecule has 20 heavy (non-hydrogen) atoms. The number of rotatable bonds is 2. The Kier molecular flexibility index (Phi) is 3.83. The number of aromatic nitrogens is 1. The standard InChI is InChI=1S/C16H18N2OS/c1-12-7-5-6-10-18(12)16(19)15-14(17-11-20-15)13-8-3-2-4-9-13/h2-4,8-9,11-12H,5-7,10H2,1H3. The lowest BCUT2D eigenvalue weighted by Crippen LogP contribution is -2.41. The van der Waals surface area contributed by atoms with Crippen molar-refractivity contribution in [1.29, 1.82) is 0 Å². The largest absolute Gasteiger partial charge is 0.335 e. The molecule has 3 rings (SSSR count). The first kappa shape index (κ1) is 13.3. The van der Waals surface area contributed by atoms with Crippen molar-refractivity contribution >= 4 is 17.2 Å². The van der Waals surface area contributed by atoms with Crippen molar-refractivity contribution in [2.45, 2.75) is 32.2 Å². The molecule has 0 bridgehead atoms.